The van der Waals surface area contributed by atoms with Crippen LogP contribution in [-0.2, 0) is 16.1 Å². The molecule has 1 heterocycles. The van der Waals surface area contributed by atoms with Crippen molar-refractivity contribution >= 4 is 11.8 Å². The second-order valence-corrected chi connectivity index (χ2v) is 5.65. The van der Waals surface area contributed by atoms with Gasteiger partial charge in [0.25, 0.3) is 0 Å². The van der Waals surface area contributed by atoms with Crippen LogP contribution in [0.1, 0.15) is 25.8 Å². The first-order valence-corrected chi connectivity index (χ1v) is 7.22. The molecule has 0 aromatic heterocycles. The minimum Gasteiger partial charge on any atom is -0.497 e. The van der Waals surface area contributed by atoms with Gasteiger partial charge in [-0.15, -0.1) is 0 Å². The number of nitrogens with zero attached hydrogens (tertiary/aromatic N) is 1. The molecule has 1 unspecified atom stereocenters. The number of carbonyl (C=O) groups is 2. The summed E-state index contributed by atoms with van der Waals surface area (Å²) in [5, 5.41) is 2.81. The molecule has 1 atom stereocenters. The van der Waals surface area contributed by atoms with Crippen molar-refractivity contribution in [1.82, 2.24) is 10.2 Å². The summed E-state index contributed by atoms with van der Waals surface area (Å²) in [6.07, 6.45) is 0.346. The summed E-state index contributed by atoms with van der Waals surface area (Å²) in [7, 11) is 1.62. The van der Waals surface area contributed by atoms with E-state index in [1.165, 1.54) is 0 Å². The van der Waals surface area contributed by atoms with Gasteiger partial charge in [0.2, 0.25) is 11.8 Å². The summed E-state index contributed by atoms with van der Waals surface area (Å²) in [5.74, 6) is 0.769. The average Bonchev–Trinajstić information content (AvgIpc) is 2.60. The van der Waals surface area contributed by atoms with Gasteiger partial charge in [0.1, 0.15) is 11.8 Å². The van der Waals surface area contributed by atoms with Crippen LogP contribution in [0, 0.1) is 5.92 Å². The predicted octanol–water partition coefficient (Wildman–Crippen LogP) is 1.57. The van der Waals surface area contributed by atoms with E-state index >= 15 is 0 Å². The summed E-state index contributed by atoms with van der Waals surface area (Å²) >= 11 is 0. The molecule has 114 valence electrons. The number of rotatable bonds is 4. The molecule has 2 rings (SSSR count). The van der Waals surface area contributed by atoms with E-state index in [2.05, 4.69) is 5.32 Å². The molecule has 0 spiro atoms. The van der Waals surface area contributed by atoms with Gasteiger partial charge in [0, 0.05) is 19.5 Å². The smallest absolute Gasteiger partial charge is 0.245 e. The van der Waals surface area contributed by atoms with Crippen molar-refractivity contribution in [3.8, 4) is 5.75 Å². The van der Waals surface area contributed by atoms with Crippen LogP contribution in [-0.4, -0.2) is 36.4 Å². The summed E-state index contributed by atoms with van der Waals surface area (Å²) in [6, 6.07) is 7.21. The molecule has 1 aromatic rings. The van der Waals surface area contributed by atoms with Crippen molar-refractivity contribution in [3.63, 3.8) is 0 Å². The Bertz CT molecular complexity index is 528. The fourth-order valence-corrected chi connectivity index (χ4v) is 2.45. The van der Waals surface area contributed by atoms with Crippen molar-refractivity contribution in [3.05, 3.63) is 29.8 Å². The van der Waals surface area contributed by atoms with Crippen LogP contribution in [0.25, 0.3) is 0 Å². The normalized spacial score (nSPS) is 19.4. The molecule has 0 saturated carbocycles. The molecular weight excluding hydrogens is 268 g/mol. The van der Waals surface area contributed by atoms with E-state index in [0.717, 1.165) is 11.3 Å². The third-order valence-corrected chi connectivity index (χ3v) is 3.68. The average molecular weight is 290 g/mol. The summed E-state index contributed by atoms with van der Waals surface area (Å²) in [6.45, 7) is 4.83. The van der Waals surface area contributed by atoms with Gasteiger partial charge in [0.05, 0.1) is 7.11 Å². The topological polar surface area (TPSA) is 58.6 Å². The Balaban J connectivity index is 2.16. The molecular formula is C16H22N2O3. The Kier molecular flexibility index (Phi) is 4.83. The third kappa shape index (κ3) is 3.74. The van der Waals surface area contributed by atoms with E-state index in [1.54, 1.807) is 12.0 Å². The van der Waals surface area contributed by atoms with Gasteiger partial charge in [-0.1, -0.05) is 26.0 Å². The van der Waals surface area contributed by atoms with Crippen LogP contribution >= 0.6 is 0 Å². The van der Waals surface area contributed by atoms with Crippen LogP contribution < -0.4 is 10.1 Å². The molecule has 2 amide bonds. The molecule has 0 bridgehead atoms. The van der Waals surface area contributed by atoms with Crippen LogP contribution in [0.4, 0.5) is 0 Å². The van der Waals surface area contributed by atoms with E-state index in [1.807, 2.05) is 38.1 Å². The molecule has 5 nitrogen and oxygen atoms in total. The van der Waals surface area contributed by atoms with Crippen LogP contribution in [0.15, 0.2) is 24.3 Å². The van der Waals surface area contributed by atoms with Gasteiger partial charge in [-0.3, -0.25) is 9.59 Å². The number of carbonyl (C=O) groups excluding carboxylic acids is 2. The standard InChI is InChI=1S/C16H22N2O3/c1-11(2)15-16(20)18(8-7-14(19)17-15)10-12-5-4-6-13(9-12)21-3/h4-6,9,11,15H,7-8,10H2,1-3H3,(H,17,19). The minimum atomic E-state index is -0.439. The van der Waals surface area contributed by atoms with Gasteiger partial charge < -0.3 is 15.0 Å². The fraction of sp³-hybridized carbons (Fsp3) is 0.500. The van der Waals surface area contributed by atoms with Gasteiger partial charge in [-0.25, -0.2) is 0 Å². The third-order valence-electron chi connectivity index (χ3n) is 3.68. The maximum Gasteiger partial charge on any atom is 0.245 e. The minimum absolute atomic E-state index is 0.0151. The molecule has 1 fully saturated rings. The zero-order chi connectivity index (χ0) is 15.4. The van der Waals surface area contributed by atoms with Crippen molar-refractivity contribution in [2.75, 3.05) is 13.7 Å². The van der Waals surface area contributed by atoms with E-state index in [-0.39, 0.29) is 17.7 Å². The Hall–Kier alpha value is -2.04. The lowest BCUT2D eigenvalue weighted by Crippen LogP contribution is -2.47. The number of ether oxygens (including phenoxy) is 1. The number of hydrogen-bond acceptors (Lipinski definition) is 3. The van der Waals surface area contributed by atoms with E-state index in [9.17, 15) is 9.59 Å². The number of methoxy groups -OCH3 is 1. The van der Waals surface area contributed by atoms with Crippen LogP contribution in [0.5, 0.6) is 5.75 Å². The molecule has 1 aromatic carbocycles. The summed E-state index contributed by atoms with van der Waals surface area (Å²) in [4.78, 5) is 26.1. The predicted molar refractivity (Wildman–Crippen MR) is 79.8 cm³/mol. The lowest BCUT2D eigenvalue weighted by Gasteiger charge is -2.26. The van der Waals surface area contributed by atoms with E-state index < -0.39 is 6.04 Å². The molecule has 0 aliphatic carbocycles. The molecule has 1 aliphatic heterocycles. The van der Waals surface area contributed by atoms with Crippen molar-refractivity contribution in [2.24, 2.45) is 5.92 Å². The highest BCUT2D eigenvalue weighted by Gasteiger charge is 2.31. The van der Waals surface area contributed by atoms with Gasteiger partial charge >= 0.3 is 0 Å². The molecule has 1 aliphatic rings. The zero-order valence-corrected chi connectivity index (χ0v) is 12.8. The maximum atomic E-state index is 12.6. The highest BCUT2D eigenvalue weighted by atomic mass is 16.5. The monoisotopic (exact) mass is 290 g/mol. The number of hydrogen-bond donors (Lipinski definition) is 1. The fourth-order valence-electron chi connectivity index (χ4n) is 2.45. The lowest BCUT2D eigenvalue weighted by molar-refractivity contribution is -0.135. The van der Waals surface area contributed by atoms with E-state index in [4.69, 9.17) is 4.74 Å². The highest BCUT2D eigenvalue weighted by Crippen LogP contribution is 2.17. The number of nitrogens with one attached hydrogen (secondary N) is 1. The lowest BCUT2D eigenvalue weighted by atomic mass is 10.0. The van der Waals surface area contributed by atoms with Crippen LogP contribution in [0.2, 0.25) is 0 Å². The quantitative estimate of drug-likeness (QED) is 0.915. The number of amides is 2. The SMILES string of the molecule is COc1cccc(CN2CCC(=O)NC(C(C)C)C2=O)c1. The molecule has 21 heavy (non-hydrogen) atoms. The van der Waals surface area contributed by atoms with Crippen molar-refractivity contribution < 1.29 is 14.3 Å². The maximum absolute atomic E-state index is 12.6. The Morgan fingerprint density at radius 2 is 2.14 bits per heavy atom. The molecule has 5 heteroatoms. The zero-order valence-electron chi connectivity index (χ0n) is 12.8. The second-order valence-electron chi connectivity index (χ2n) is 5.65. The molecule has 1 N–H and O–H groups in total. The van der Waals surface area contributed by atoms with Crippen LogP contribution in [0.3, 0.4) is 0 Å². The van der Waals surface area contributed by atoms with Crippen molar-refractivity contribution in [1.29, 1.82) is 0 Å². The Morgan fingerprint density at radius 1 is 1.38 bits per heavy atom. The Morgan fingerprint density at radius 3 is 2.81 bits per heavy atom. The first-order valence-electron chi connectivity index (χ1n) is 7.22. The summed E-state index contributed by atoms with van der Waals surface area (Å²) in [5.41, 5.74) is 1.000. The molecule has 1 saturated heterocycles. The first-order chi connectivity index (χ1) is 10.0. The first kappa shape index (κ1) is 15.4. The van der Waals surface area contributed by atoms with Gasteiger partial charge in [0.15, 0.2) is 0 Å². The second kappa shape index (κ2) is 6.61. The largest absolute Gasteiger partial charge is 0.497 e. The summed E-state index contributed by atoms with van der Waals surface area (Å²) < 4.78 is 5.20. The number of benzene rings is 1. The molecule has 0 radical (unpaired) electrons. The van der Waals surface area contributed by atoms with Gasteiger partial charge in [-0.2, -0.15) is 0 Å². The Labute approximate surface area is 125 Å². The van der Waals surface area contributed by atoms with E-state index in [0.29, 0.717) is 19.5 Å². The highest BCUT2D eigenvalue weighted by molar-refractivity contribution is 5.90. The van der Waals surface area contributed by atoms with Crippen molar-refractivity contribution in [2.45, 2.75) is 32.9 Å². The van der Waals surface area contributed by atoms with Gasteiger partial charge in [-0.05, 0) is 23.6 Å².